The van der Waals surface area contributed by atoms with E-state index in [0.29, 0.717) is 49.4 Å². The van der Waals surface area contributed by atoms with Crippen molar-refractivity contribution in [1.82, 2.24) is 5.32 Å². The molecule has 6 atom stereocenters. The number of hydrogen-bond acceptors (Lipinski definition) is 7. The molecule has 0 saturated heterocycles. The average molecular weight is 515 g/mol. The number of furan rings is 1. The van der Waals surface area contributed by atoms with Gasteiger partial charge in [-0.05, 0) is 79.3 Å². The molecule has 0 spiro atoms. The van der Waals surface area contributed by atoms with Gasteiger partial charge in [-0.3, -0.25) is 10.1 Å². The van der Waals surface area contributed by atoms with Gasteiger partial charge in [-0.25, -0.2) is 4.79 Å². The second kappa shape index (κ2) is 11.1. The van der Waals surface area contributed by atoms with Crippen molar-refractivity contribution in [3.8, 4) is 5.75 Å². The number of carbonyl (C=O) groups is 2. The van der Waals surface area contributed by atoms with Crippen molar-refractivity contribution in [3.05, 3.63) is 48.4 Å². The maximum atomic E-state index is 12.8. The molecule has 0 aliphatic heterocycles. The van der Waals surface area contributed by atoms with Crippen LogP contribution < -0.4 is 15.4 Å². The molecule has 2 aromatic rings. The monoisotopic (exact) mass is 514 g/mol. The Labute approximate surface area is 217 Å². The van der Waals surface area contributed by atoms with Gasteiger partial charge < -0.3 is 29.4 Å². The van der Waals surface area contributed by atoms with Crippen LogP contribution in [-0.4, -0.2) is 48.1 Å². The zero-order valence-corrected chi connectivity index (χ0v) is 21.7. The van der Waals surface area contributed by atoms with E-state index in [9.17, 15) is 19.8 Å². The summed E-state index contributed by atoms with van der Waals surface area (Å²) in [4.78, 5) is 25.6. The first-order chi connectivity index (χ1) is 17.7. The van der Waals surface area contributed by atoms with E-state index in [-0.39, 0.29) is 30.8 Å². The SMILES string of the molecule is COc1ccc(NC(=O)OC2CCC3(C)C(CC(=O)NCc4ccco4)C(O)CCC3C2(C)CO)cc1. The number of ether oxygens (including phenoxy) is 2. The number of carbonyl (C=O) groups excluding carboxylic acids is 2. The summed E-state index contributed by atoms with van der Waals surface area (Å²) >= 11 is 0. The topological polar surface area (TPSA) is 130 Å². The number of benzene rings is 1. The van der Waals surface area contributed by atoms with E-state index in [4.69, 9.17) is 13.9 Å². The van der Waals surface area contributed by atoms with Gasteiger partial charge in [0.1, 0.15) is 17.6 Å². The van der Waals surface area contributed by atoms with E-state index in [1.807, 2.05) is 6.92 Å². The Morgan fingerprint density at radius 2 is 1.89 bits per heavy atom. The van der Waals surface area contributed by atoms with Crippen LogP contribution in [0.2, 0.25) is 0 Å². The molecule has 1 aromatic carbocycles. The number of methoxy groups -OCH3 is 1. The first-order valence-corrected chi connectivity index (χ1v) is 12.9. The highest BCUT2D eigenvalue weighted by Crippen LogP contribution is 2.61. The molecule has 9 heteroatoms. The van der Waals surface area contributed by atoms with Gasteiger partial charge in [-0.2, -0.15) is 0 Å². The Hall–Kier alpha value is -3.04. The summed E-state index contributed by atoms with van der Waals surface area (Å²) in [5.74, 6) is 0.888. The fraction of sp³-hybridized carbons (Fsp3) is 0.571. The van der Waals surface area contributed by atoms with Crippen molar-refractivity contribution < 1.29 is 33.7 Å². The summed E-state index contributed by atoms with van der Waals surface area (Å²) < 4.78 is 16.3. The molecule has 202 valence electrons. The van der Waals surface area contributed by atoms with Gasteiger partial charge in [0.05, 0.1) is 32.6 Å². The standard InChI is InChI=1S/C28H38N2O7/c1-27-13-12-24(37-26(34)30-18-6-8-19(35-3)9-7-18)28(2,17-31)23(27)11-10-22(32)21(27)15-25(33)29-16-20-5-4-14-36-20/h4-9,14,21-24,31-32H,10-13,15-17H2,1-3H3,(H,29,33)(H,30,34). The normalized spacial score (nSPS) is 31.2. The molecule has 2 fully saturated rings. The van der Waals surface area contributed by atoms with Crippen molar-refractivity contribution in [2.24, 2.45) is 22.7 Å². The zero-order valence-electron chi connectivity index (χ0n) is 21.7. The molecule has 1 heterocycles. The minimum Gasteiger partial charge on any atom is -0.497 e. The van der Waals surface area contributed by atoms with Crippen LogP contribution in [-0.2, 0) is 16.1 Å². The van der Waals surface area contributed by atoms with Gasteiger partial charge in [0.15, 0.2) is 0 Å². The van der Waals surface area contributed by atoms with Crippen LogP contribution in [0.3, 0.4) is 0 Å². The molecule has 2 saturated carbocycles. The zero-order chi connectivity index (χ0) is 26.6. The van der Waals surface area contributed by atoms with Crippen molar-refractivity contribution in [2.45, 2.75) is 64.7 Å². The minimum atomic E-state index is -0.715. The van der Waals surface area contributed by atoms with E-state index < -0.39 is 29.1 Å². The summed E-state index contributed by atoms with van der Waals surface area (Å²) in [6.45, 7) is 4.18. The third-order valence-electron chi connectivity index (χ3n) is 8.71. The van der Waals surface area contributed by atoms with Crippen LogP contribution in [0.4, 0.5) is 10.5 Å². The molecule has 9 nitrogen and oxygen atoms in total. The molecule has 4 rings (SSSR count). The van der Waals surface area contributed by atoms with Crippen LogP contribution in [0.25, 0.3) is 0 Å². The third-order valence-corrected chi connectivity index (χ3v) is 8.71. The van der Waals surface area contributed by atoms with Crippen molar-refractivity contribution >= 4 is 17.7 Å². The summed E-state index contributed by atoms with van der Waals surface area (Å²) in [6.07, 6.45) is 2.44. The van der Waals surface area contributed by atoms with Gasteiger partial charge in [-0.1, -0.05) is 13.8 Å². The average Bonchev–Trinajstić information content (AvgIpc) is 3.41. The fourth-order valence-corrected chi connectivity index (χ4v) is 6.60. The van der Waals surface area contributed by atoms with Crippen LogP contribution >= 0.6 is 0 Å². The van der Waals surface area contributed by atoms with Gasteiger partial charge >= 0.3 is 6.09 Å². The summed E-state index contributed by atoms with van der Waals surface area (Å²) in [5, 5.41) is 27.2. The first kappa shape index (κ1) is 27.0. The lowest BCUT2D eigenvalue weighted by molar-refractivity contribution is -0.185. The molecule has 0 radical (unpaired) electrons. The maximum Gasteiger partial charge on any atom is 0.411 e. The smallest absolute Gasteiger partial charge is 0.411 e. The molecule has 2 aliphatic carbocycles. The Bertz CT molecular complexity index is 1060. The highest BCUT2D eigenvalue weighted by atomic mass is 16.6. The molecule has 1 aromatic heterocycles. The van der Waals surface area contributed by atoms with E-state index in [1.54, 1.807) is 49.8 Å². The predicted octanol–water partition coefficient (Wildman–Crippen LogP) is 4.10. The summed E-state index contributed by atoms with van der Waals surface area (Å²) in [6, 6.07) is 10.5. The number of rotatable bonds is 8. The van der Waals surface area contributed by atoms with Crippen molar-refractivity contribution in [3.63, 3.8) is 0 Å². The largest absolute Gasteiger partial charge is 0.497 e. The minimum absolute atomic E-state index is 0.0381. The summed E-state index contributed by atoms with van der Waals surface area (Å²) in [5.41, 5.74) is -0.532. The number of amides is 2. The Morgan fingerprint density at radius 3 is 2.54 bits per heavy atom. The van der Waals surface area contributed by atoms with Gasteiger partial charge in [0.2, 0.25) is 5.91 Å². The quantitative estimate of drug-likeness (QED) is 0.417. The number of fused-ring (bicyclic) bond motifs is 1. The van der Waals surface area contributed by atoms with Crippen molar-refractivity contribution in [2.75, 3.05) is 19.0 Å². The van der Waals surface area contributed by atoms with Crippen LogP contribution in [0.5, 0.6) is 5.75 Å². The van der Waals surface area contributed by atoms with Crippen LogP contribution in [0.15, 0.2) is 47.1 Å². The number of anilines is 1. The Morgan fingerprint density at radius 1 is 1.14 bits per heavy atom. The van der Waals surface area contributed by atoms with E-state index in [0.717, 1.165) is 0 Å². The number of nitrogens with one attached hydrogen (secondary N) is 2. The lowest BCUT2D eigenvalue weighted by atomic mass is 9.46. The van der Waals surface area contributed by atoms with E-state index in [2.05, 4.69) is 17.6 Å². The Balaban J connectivity index is 1.44. The number of aliphatic hydroxyl groups excluding tert-OH is 2. The van der Waals surface area contributed by atoms with Gasteiger partial charge in [-0.15, -0.1) is 0 Å². The number of aliphatic hydroxyl groups is 2. The van der Waals surface area contributed by atoms with Crippen LogP contribution in [0, 0.1) is 22.7 Å². The van der Waals surface area contributed by atoms with Crippen LogP contribution in [0.1, 0.15) is 51.7 Å². The molecule has 2 aliphatic rings. The fourth-order valence-electron chi connectivity index (χ4n) is 6.60. The maximum absolute atomic E-state index is 12.8. The predicted molar refractivity (Wildman–Crippen MR) is 137 cm³/mol. The molecule has 6 unspecified atom stereocenters. The second-order valence-electron chi connectivity index (χ2n) is 10.8. The number of hydrogen-bond donors (Lipinski definition) is 4. The molecule has 0 bridgehead atoms. The highest BCUT2D eigenvalue weighted by molar-refractivity contribution is 5.84. The third kappa shape index (κ3) is 5.62. The second-order valence-corrected chi connectivity index (χ2v) is 10.8. The lowest BCUT2D eigenvalue weighted by Crippen LogP contribution is -2.61. The summed E-state index contributed by atoms with van der Waals surface area (Å²) in [7, 11) is 1.57. The molecular weight excluding hydrogens is 476 g/mol. The van der Waals surface area contributed by atoms with Gasteiger partial charge in [0.25, 0.3) is 0 Å². The van der Waals surface area contributed by atoms with Gasteiger partial charge in [0, 0.05) is 17.5 Å². The van der Waals surface area contributed by atoms with E-state index in [1.165, 1.54) is 0 Å². The molecular formula is C28H38N2O7. The lowest BCUT2D eigenvalue weighted by Gasteiger charge is -2.60. The first-order valence-electron chi connectivity index (χ1n) is 12.9. The molecule has 37 heavy (non-hydrogen) atoms. The van der Waals surface area contributed by atoms with Crippen molar-refractivity contribution in [1.29, 1.82) is 0 Å². The highest BCUT2D eigenvalue weighted by Gasteiger charge is 2.60. The molecule has 2 amide bonds. The van der Waals surface area contributed by atoms with E-state index >= 15 is 0 Å². The molecule has 4 N–H and O–H groups in total. The Kier molecular flexibility index (Phi) is 8.14.